The zero-order chi connectivity index (χ0) is 18.0. The Morgan fingerprint density at radius 2 is 2.16 bits per heavy atom. The molecular weight excluding hydrogens is 343 g/mol. The number of thiazole rings is 1. The summed E-state index contributed by atoms with van der Waals surface area (Å²) in [6, 6.07) is 7.60. The molecule has 2 atom stereocenters. The highest BCUT2D eigenvalue weighted by atomic mass is 32.1. The van der Waals surface area contributed by atoms with Crippen molar-refractivity contribution in [1.29, 1.82) is 0 Å². The number of nitrogens with two attached hydrogens (primary N) is 1. The molecule has 8 heteroatoms. The maximum absolute atomic E-state index is 14.3. The summed E-state index contributed by atoms with van der Waals surface area (Å²) in [6.45, 7) is 5.48. The van der Waals surface area contributed by atoms with E-state index in [1.165, 1.54) is 0 Å². The number of carbonyl (C=O) groups is 1. The number of nitrogens with one attached hydrogen (secondary N) is 1. The van der Waals surface area contributed by atoms with Crippen molar-refractivity contribution in [2.24, 2.45) is 5.73 Å². The Hall–Kier alpha value is -2.03. The number of amides is 1. The van der Waals surface area contributed by atoms with Gasteiger partial charge in [-0.1, -0.05) is 23.5 Å². The highest BCUT2D eigenvalue weighted by Gasteiger charge is 2.23. The zero-order valence-electron chi connectivity index (χ0n) is 14.2. The molecule has 0 saturated carbocycles. The fourth-order valence-corrected chi connectivity index (χ4v) is 3.67. The van der Waals surface area contributed by atoms with E-state index in [2.05, 4.69) is 15.2 Å². The Bertz CT molecular complexity index is 757. The Morgan fingerprint density at radius 3 is 2.84 bits per heavy atom. The molecule has 1 amide bonds. The lowest BCUT2D eigenvalue weighted by Gasteiger charge is -2.37. The van der Waals surface area contributed by atoms with Crippen molar-refractivity contribution >= 4 is 28.1 Å². The average molecular weight is 364 g/mol. The normalized spacial score (nSPS) is 20.6. The van der Waals surface area contributed by atoms with Gasteiger partial charge in [0.1, 0.15) is 5.69 Å². The molecule has 1 aromatic carbocycles. The molecule has 0 radical (unpaired) electrons. The lowest BCUT2D eigenvalue weighted by molar-refractivity contribution is -0.114. The van der Waals surface area contributed by atoms with Gasteiger partial charge in [0.25, 0.3) is 0 Å². The van der Waals surface area contributed by atoms with Gasteiger partial charge in [-0.25, -0.2) is 4.98 Å². The maximum Gasteiger partial charge on any atom is 0.239 e. The summed E-state index contributed by atoms with van der Waals surface area (Å²) in [5.41, 5.74) is 7.16. The molecule has 2 unspecified atom stereocenters. The predicted octanol–water partition coefficient (Wildman–Crippen LogP) is 2.46. The van der Waals surface area contributed by atoms with E-state index < -0.39 is 11.0 Å². The first-order valence-electron chi connectivity index (χ1n) is 8.13. The number of halogens is 1. The number of ether oxygens (including phenoxy) is 1. The number of carbonyl (C=O) groups excluding carboxylic acids is 1. The number of nitrogens with zero attached hydrogens (tertiary/aromatic N) is 2. The standard InChI is InChI=1S/C17H21FN4O2S/c1-10-8-22(9-11(2)24-10)13-5-3-4-12(6-13)15-16(18)25-17(21-15)20-14(23)7-19/h3-6,10-11H,7-9,19H2,1-2H3,(H,20,21,23). The zero-order valence-corrected chi connectivity index (χ0v) is 15.0. The first kappa shape index (κ1) is 17.8. The minimum absolute atomic E-state index is 0.140. The summed E-state index contributed by atoms with van der Waals surface area (Å²) in [6.07, 6.45) is 0.281. The van der Waals surface area contributed by atoms with Gasteiger partial charge in [0.2, 0.25) is 11.0 Å². The van der Waals surface area contributed by atoms with E-state index in [9.17, 15) is 9.18 Å². The Balaban J connectivity index is 1.85. The maximum atomic E-state index is 14.3. The highest BCUT2D eigenvalue weighted by molar-refractivity contribution is 7.14. The first-order chi connectivity index (χ1) is 12.0. The predicted molar refractivity (Wildman–Crippen MR) is 97.4 cm³/mol. The van der Waals surface area contributed by atoms with Crippen LogP contribution in [0.3, 0.4) is 0 Å². The fraction of sp³-hybridized carbons (Fsp3) is 0.412. The molecule has 2 heterocycles. The molecule has 1 aliphatic heterocycles. The van der Waals surface area contributed by atoms with Crippen molar-refractivity contribution in [3.05, 3.63) is 29.4 Å². The van der Waals surface area contributed by atoms with Gasteiger partial charge < -0.3 is 20.7 Å². The quantitative estimate of drug-likeness (QED) is 0.871. The number of morpholine rings is 1. The molecule has 1 aromatic heterocycles. The molecule has 1 saturated heterocycles. The van der Waals surface area contributed by atoms with Gasteiger partial charge in [0.15, 0.2) is 5.13 Å². The van der Waals surface area contributed by atoms with Gasteiger partial charge in [0, 0.05) is 24.3 Å². The molecule has 25 heavy (non-hydrogen) atoms. The van der Waals surface area contributed by atoms with Crippen LogP contribution in [0.15, 0.2) is 24.3 Å². The molecule has 134 valence electrons. The number of aromatic nitrogens is 1. The number of benzene rings is 1. The summed E-state index contributed by atoms with van der Waals surface area (Å²) < 4.78 is 20.0. The number of hydrogen-bond acceptors (Lipinski definition) is 6. The van der Waals surface area contributed by atoms with Crippen LogP contribution in [0.1, 0.15) is 13.8 Å². The lowest BCUT2D eigenvalue weighted by atomic mass is 10.1. The summed E-state index contributed by atoms with van der Waals surface area (Å²) in [4.78, 5) is 17.8. The van der Waals surface area contributed by atoms with Crippen LogP contribution in [0.4, 0.5) is 15.2 Å². The molecular formula is C17H21FN4O2S. The molecule has 3 rings (SSSR count). The summed E-state index contributed by atoms with van der Waals surface area (Å²) in [7, 11) is 0. The van der Waals surface area contributed by atoms with E-state index in [1.54, 1.807) is 0 Å². The molecule has 0 bridgehead atoms. The van der Waals surface area contributed by atoms with E-state index in [-0.39, 0.29) is 29.6 Å². The third-order valence-corrected chi connectivity index (χ3v) is 4.68. The lowest BCUT2D eigenvalue weighted by Crippen LogP contribution is -2.45. The second-order valence-corrected chi connectivity index (χ2v) is 7.06. The van der Waals surface area contributed by atoms with Gasteiger partial charge in [0.05, 0.1) is 18.8 Å². The van der Waals surface area contributed by atoms with Crippen LogP contribution >= 0.6 is 11.3 Å². The van der Waals surface area contributed by atoms with E-state index in [1.807, 2.05) is 38.1 Å². The largest absolute Gasteiger partial charge is 0.372 e. The van der Waals surface area contributed by atoms with Crippen LogP contribution in [0, 0.1) is 5.13 Å². The first-order valence-corrected chi connectivity index (χ1v) is 8.95. The average Bonchev–Trinajstić information content (AvgIpc) is 2.94. The number of rotatable bonds is 4. The van der Waals surface area contributed by atoms with Crippen molar-refractivity contribution in [2.45, 2.75) is 26.1 Å². The number of anilines is 2. The van der Waals surface area contributed by atoms with Crippen LogP contribution < -0.4 is 16.0 Å². The van der Waals surface area contributed by atoms with Crippen LogP contribution in [0.25, 0.3) is 11.3 Å². The Labute approximate surface area is 149 Å². The molecule has 1 aliphatic rings. The summed E-state index contributed by atoms with van der Waals surface area (Å²) in [5.74, 6) is -0.398. The van der Waals surface area contributed by atoms with Crippen LogP contribution in [0.2, 0.25) is 0 Å². The van der Waals surface area contributed by atoms with Crippen LogP contribution in [-0.4, -0.2) is 42.7 Å². The molecule has 0 spiro atoms. The molecule has 1 fully saturated rings. The Kier molecular flexibility index (Phi) is 5.31. The number of hydrogen-bond donors (Lipinski definition) is 2. The smallest absolute Gasteiger partial charge is 0.239 e. The van der Waals surface area contributed by atoms with Gasteiger partial charge in [-0.2, -0.15) is 4.39 Å². The van der Waals surface area contributed by atoms with Crippen molar-refractivity contribution < 1.29 is 13.9 Å². The van der Waals surface area contributed by atoms with Gasteiger partial charge >= 0.3 is 0 Å². The van der Waals surface area contributed by atoms with E-state index >= 15 is 0 Å². The SMILES string of the molecule is CC1CN(c2cccc(-c3nc(NC(=O)CN)sc3F)c2)CC(C)O1. The van der Waals surface area contributed by atoms with Crippen molar-refractivity contribution in [3.63, 3.8) is 0 Å². The van der Waals surface area contributed by atoms with Crippen molar-refractivity contribution in [3.8, 4) is 11.3 Å². The molecule has 0 aliphatic carbocycles. The summed E-state index contributed by atoms with van der Waals surface area (Å²) in [5, 5.41) is 2.26. The van der Waals surface area contributed by atoms with Gasteiger partial charge in [-0.3, -0.25) is 4.79 Å². The van der Waals surface area contributed by atoms with Crippen molar-refractivity contribution in [2.75, 3.05) is 29.9 Å². The highest BCUT2D eigenvalue weighted by Crippen LogP contribution is 2.32. The molecule has 6 nitrogen and oxygen atoms in total. The Morgan fingerprint density at radius 1 is 1.44 bits per heavy atom. The van der Waals surface area contributed by atoms with E-state index in [4.69, 9.17) is 10.5 Å². The second kappa shape index (κ2) is 7.47. The third-order valence-electron chi connectivity index (χ3n) is 3.92. The minimum Gasteiger partial charge on any atom is -0.372 e. The third kappa shape index (κ3) is 4.15. The van der Waals surface area contributed by atoms with Crippen LogP contribution in [-0.2, 0) is 9.53 Å². The van der Waals surface area contributed by atoms with E-state index in [0.29, 0.717) is 5.56 Å². The summed E-state index contributed by atoms with van der Waals surface area (Å²) >= 11 is 0.796. The molecule has 2 aromatic rings. The monoisotopic (exact) mass is 364 g/mol. The second-order valence-electron chi connectivity index (χ2n) is 6.11. The topological polar surface area (TPSA) is 80.5 Å². The molecule has 3 N–H and O–H groups in total. The van der Waals surface area contributed by atoms with Crippen LogP contribution in [0.5, 0.6) is 0 Å². The van der Waals surface area contributed by atoms with Gasteiger partial charge in [-0.05, 0) is 26.0 Å². The van der Waals surface area contributed by atoms with E-state index in [0.717, 1.165) is 30.1 Å². The van der Waals surface area contributed by atoms with Crippen molar-refractivity contribution in [1.82, 2.24) is 4.98 Å². The van der Waals surface area contributed by atoms with Gasteiger partial charge in [-0.15, -0.1) is 0 Å². The minimum atomic E-state index is -0.437. The fourth-order valence-electron chi connectivity index (χ4n) is 2.94.